The molecule has 0 unspecified atom stereocenters. The Labute approximate surface area is 397 Å². The number of fused-ring (bicyclic) bond motifs is 8. The van der Waals surface area contributed by atoms with Crippen LogP contribution in [0.4, 0.5) is 34.1 Å². The molecule has 4 heteroatoms. The Kier molecular flexibility index (Phi) is 9.60. The summed E-state index contributed by atoms with van der Waals surface area (Å²) in [6, 6.07) is 62.1. The van der Waals surface area contributed by atoms with E-state index in [0.717, 1.165) is 99.3 Å². The predicted octanol–water partition coefficient (Wildman–Crippen LogP) is 18.9. The number of aryl methyl sites for hydroxylation is 4. The van der Waals surface area contributed by atoms with Crippen molar-refractivity contribution in [3.8, 4) is 11.1 Å². The van der Waals surface area contributed by atoms with Crippen LogP contribution in [0.15, 0.2) is 179 Å². The lowest BCUT2D eigenvalue weighted by molar-refractivity contribution is 0.658. The number of anilines is 6. The molecule has 0 atom stereocenters. The quantitative estimate of drug-likeness (QED) is 0.160. The van der Waals surface area contributed by atoms with Gasteiger partial charge in [-0.1, -0.05) is 90.0 Å². The fraction of sp³-hybridized carbons (Fsp3) is 0.125. The number of furan rings is 2. The van der Waals surface area contributed by atoms with Gasteiger partial charge >= 0.3 is 0 Å². The predicted molar refractivity (Wildman–Crippen MR) is 289 cm³/mol. The maximum Gasteiger partial charge on any atom is 0.147 e. The van der Waals surface area contributed by atoms with Crippen molar-refractivity contribution in [1.82, 2.24) is 0 Å². The van der Waals surface area contributed by atoms with E-state index < -0.39 is 0 Å². The van der Waals surface area contributed by atoms with Crippen LogP contribution in [0, 0.1) is 55.4 Å². The van der Waals surface area contributed by atoms with Gasteiger partial charge in [0.2, 0.25) is 0 Å². The first-order chi connectivity index (χ1) is 33.0. The first-order valence-corrected chi connectivity index (χ1v) is 23.6. The van der Waals surface area contributed by atoms with Gasteiger partial charge in [-0.15, -0.1) is 0 Å². The van der Waals surface area contributed by atoms with Crippen molar-refractivity contribution in [2.75, 3.05) is 9.80 Å². The van der Waals surface area contributed by atoms with Gasteiger partial charge in [-0.2, -0.15) is 0 Å². The van der Waals surface area contributed by atoms with Crippen LogP contribution in [-0.2, 0) is 0 Å². The number of hydrogen-bond acceptors (Lipinski definition) is 4. The topological polar surface area (TPSA) is 32.8 Å². The summed E-state index contributed by atoms with van der Waals surface area (Å²) in [5.41, 5.74) is 22.4. The van der Waals surface area contributed by atoms with Gasteiger partial charge in [0.05, 0.1) is 5.56 Å². The third-order valence-corrected chi connectivity index (χ3v) is 14.8. The Bertz CT molecular complexity index is 3750. The zero-order valence-corrected chi connectivity index (χ0v) is 39.9. The minimum Gasteiger partial charge on any atom is -0.455 e. The molecule has 0 fully saturated rings. The Morgan fingerprint density at radius 1 is 0.324 bits per heavy atom. The summed E-state index contributed by atoms with van der Waals surface area (Å²) >= 11 is 0. The molecule has 4 nitrogen and oxygen atoms in total. The van der Waals surface area contributed by atoms with Crippen LogP contribution in [0.3, 0.4) is 0 Å². The lowest BCUT2D eigenvalue weighted by atomic mass is 9.97. The number of benzene rings is 10. The fourth-order valence-electron chi connectivity index (χ4n) is 10.4. The first-order valence-electron chi connectivity index (χ1n) is 23.6. The number of nitrogens with zero attached hydrogens (tertiary/aromatic N) is 2. The monoisotopic (exact) mass is 880 g/mol. The van der Waals surface area contributed by atoms with Gasteiger partial charge in [-0.05, 0) is 207 Å². The van der Waals surface area contributed by atoms with E-state index >= 15 is 0 Å². The van der Waals surface area contributed by atoms with E-state index in [1.54, 1.807) is 0 Å². The minimum atomic E-state index is 0.824. The Balaban J connectivity index is 1.03. The van der Waals surface area contributed by atoms with E-state index in [1.807, 2.05) is 0 Å². The molecular formula is C64H52N2O2. The second-order valence-electron chi connectivity index (χ2n) is 19.0. The molecule has 12 aromatic rings. The van der Waals surface area contributed by atoms with E-state index in [9.17, 15) is 0 Å². The molecule has 330 valence electrons. The van der Waals surface area contributed by atoms with E-state index in [1.165, 1.54) is 55.9 Å². The van der Waals surface area contributed by atoms with Crippen LogP contribution < -0.4 is 9.80 Å². The van der Waals surface area contributed by atoms with Gasteiger partial charge in [0.1, 0.15) is 22.3 Å². The fourth-order valence-corrected chi connectivity index (χ4v) is 10.4. The molecule has 0 saturated heterocycles. The highest BCUT2D eigenvalue weighted by Crippen LogP contribution is 2.47. The SMILES string of the molecule is Cc1ccc(N(c2ccc3cc4c(cc3c2)oc2c(-c3ccccc3)c3oc5cc6cc(N(c7ccc(C)cc7)c7ccc(C)c(C)c7C)ccc6cc5c3cc24)c2ccc(C)c(C)c2C)cc1. The van der Waals surface area contributed by atoms with Crippen molar-refractivity contribution in [2.24, 2.45) is 0 Å². The molecule has 2 aromatic heterocycles. The van der Waals surface area contributed by atoms with E-state index in [-0.39, 0.29) is 0 Å². The number of hydrogen-bond donors (Lipinski definition) is 0. The van der Waals surface area contributed by atoms with Crippen LogP contribution >= 0.6 is 0 Å². The van der Waals surface area contributed by atoms with E-state index in [0.29, 0.717) is 0 Å². The molecule has 0 aliphatic heterocycles. The van der Waals surface area contributed by atoms with Gasteiger partial charge < -0.3 is 18.6 Å². The third-order valence-electron chi connectivity index (χ3n) is 14.8. The third kappa shape index (κ3) is 6.66. The second kappa shape index (κ2) is 15.8. The van der Waals surface area contributed by atoms with Gasteiger partial charge in [0.15, 0.2) is 0 Å². The largest absolute Gasteiger partial charge is 0.455 e. The Morgan fingerprint density at radius 3 is 1.19 bits per heavy atom. The first kappa shape index (κ1) is 41.4. The second-order valence-corrected chi connectivity index (χ2v) is 19.0. The highest BCUT2D eigenvalue weighted by atomic mass is 16.3. The number of rotatable bonds is 7. The zero-order chi connectivity index (χ0) is 46.5. The minimum absolute atomic E-state index is 0.824. The molecule has 10 aromatic carbocycles. The van der Waals surface area contributed by atoms with Crippen LogP contribution in [0.2, 0.25) is 0 Å². The molecule has 0 saturated carbocycles. The molecule has 0 radical (unpaired) electrons. The maximum atomic E-state index is 7.04. The lowest BCUT2D eigenvalue weighted by Gasteiger charge is -2.28. The Morgan fingerprint density at radius 2 is 0.750 bits per heavy atom. The average molecular weight is 881 g/mol. The standard InChI is InChI=1S/C64H52N2O2/c1-37-14-22-50(23-15-37)65(58-28-18-39(3)41(5)43(58)7)52-26-20-46-32-54-56-36-57-55-33-47-21-27-53(66(51-24-16-38(2)17-25-51)59-29-19-40(4)42(6)44(59)8)31-49(47)35-61(55)68-64(57)62(45-12-10-9-11-13-45)63(56)67-60(54)34-48(46)30-52/h9-36H,1-8H3. The zero-order valence-electron chi connectivity index (χ0n) is 39.9. The van der Waals surface area contributed by atoms with Crippen LogP contribution in [0.1, 0.15) is 44.5 Å². The highest BCUT2D eigenvalue weighted by molar-refractivity contribution is 6.24. The molecule has 0 amide bonds. The molecule has 0 spiro atoms. The van der Waals surface area contributed by atoms with Crippen molar-refractivity contribution in [1.29, 1.82) is 0 Å². The summed E-state index contributed by atoms with van der Waals surface area (Å²) in [6.45, 7) is 17.5. The molecule has 68 heavy (non-hydrogen) atoms. The van der Waals surface area contributed by atoms with Crippen molar-refractivity contribution in [3.05, 3.63) is 214 Å². The van der Waals surface area contributed by atoms with Crippen molar-refractivity contribution >= 4 is 99.5 Å². The van der Waals surface area contributed by atoms with Gasteiger partial charge in [0, 0.05) is 55.7 Å². The van der Waals surface area contributed by atoms with Crippen LogP contribution in [0.25, 0.3) is 76.5 Å². The molecule has 0 bridgehead atoms. The molecule has 0 aliphatic carbocycles. The van der Waals surface area contributed by atoms with Crippen molar-refractivity contribution < 1.29 is 8.83 Å². The summed E-state index contributed by atoms with van der Waals surface area (Å²) in [5.74, 6) is 0. The summed E-state index contributed by atoms with van der Waals surface area (Å²) in [6.07, 6.45) is 0. The van der Waals surface area contributed by atoms with Crippen molar-refractivity contribution in [3.63, 3.8) is 0 Å². The summed E-state index contributed by atoms with van der Waals surface area (Å²) in [5, 5.41) is 8.83. The summed E-state index contributed by atoms with van der Waals surface area (Å²) < 4.78 is 14.1. The summed E-state index contributed by atoms with van der Waals surface area (Å²) in [7, 11) is 0. The van der Waals surface area contributed by atoms with E-state index in [4.69, 9.17) is 8.83 Å². The summed E-state index contributed by atoms with van der Waals surface area (Å²) in [4.78, 5) is 4.76. The highest BCUT2D eigenvalue weighted by Gasteiger charge is 2.24. The van der Waals surface area contributed by atoms with Gasteiger partial charge in [0.25, 0.3) is 0 Å². The smallest absolute Gasteiger partial charge is 0.147 e. The van der Waals surface area contributed by atoms with Gasteiger partial charge in [-0.3, -0.25) is 0 Å². The normalized spacial score (nSPS) is 11.8. The van der Waals surface area contributed by atoms with E-state index in [2.05, 4.69) is 235 Å². The van der Waals surface area contributed by atoms with Crippen LogP contribution in [0.5, 0.6) is 0 Å². The van der Waals surface area contributed by atoms with Crippen molar-refractivity contribution in [2.45, 2.75) is 55.4 Å². The van der Waals surface area contributed by atoms with Crippen LogP contribution in [-0.4, -0.2) is 0 Å². The van der Waals surface area contributed by atoms with Gasteiger partial charge in [-0.25, -0.2) is 0 Å². The molecule has 2 heterocycles. The Hall–Kier alpha value is -8.08. The maximum absolute atomic E-state index is 7.04. The molecule has 12 rings (SSSR count). The lowest BCUT2D eigenvalue weighted by Crippen LogP contribution is -2.12. The molecular weight excluding hydrogens is 829 g/mol. The average Bonchev–Trinajstić information content (AvgIpc) is 3.89. The molecule has 0 N–H and O–H groups in total. The molecule has 0 aliphatic rings.